The number of rotatable bonds is 13. The standard InChI is InChI=1S/C18H37N3O3/c1-5-6-7-8-9-10-11-12-13-14-15-24-18(23)20-17(22)19-16(2)21(3)4/h16H,5-15H2,1-4H3,(H2,19,20,22,23). The summed E-state index contributed by atoms with van der Waals surface area (Å²) < 4.78 is 5.00. The van der Waals surface area contributed by atoms with Gasteiger partial charge in [0.05, 0.1) is 12.8 Å². The fraction of sp³-hybridized carbons (Fsp3) is 0.889. The lowest BCUT2D eigenvalue weighted by Crippen LogP contribution is -2.48. The van der Waals surface area contributed by atoms with E-state index in [1.807, 2.05) is 25.9 Å². The van der Waals surface area contributed by atoms with Crippen molar-refractivity contribution < 1.29 is 14.3 Å². The summed E-state index contributed by atoms with van der Waals surface area (Å²) in [5.74, 6) is 0. The Kier molecular flexibility index (Phi) is 14.4. The van der Waals surface area contributed by atoms with Crippen LogP contribution >= 0.6 is 0 Å². The second-order valence-corrected chi connectivity index (χ2v) is 6.56. The molecule has 1 unspecified atom stereocenters. The average molecular weight is 344 g/mol. The Morgan fingerprint density at radius 2 is 1.42 bits per heavy atom. The number of imide groups is 1. The summed E-state index contributed by atoms with van der Waals surface area (Å²) in [5, 5.41) is 4.79. The van der Waals surface area contributed by atoms with Gasteiger partial charge >= 0.3 is 12.1 Å². The molecule has 1 atom stereocenters. The summed E-state index contributed by atoms with van der Waals surface area (Å²) in [7, 11) is 3.68. The normalized spacial score (nSPS) is 12.0. The van der Waals surface area contributed by atoms with Gasteiger partial charge in [-0.1, -0.05) is 64.7 Å². The summed E-state index contributed by atoms with van der Waals surface area (Å²) in [6.45, 7) is 4.42. The molecule has 0 aliphatic rings. The maximum atomic E-state index is 11.5. The largest absolute Gasteiger partial charge is 0.449 e. The summed E-state index contributed by atoms with van der Waals surface area (Å²) in [6, 6.07) is -0.538. The van der Waals surface area contributed by atoms with Crippen LogP contribution in [-0.4, -0.2) is 43.9 Å². The molecule has 0 fully saturated rings. The second kappa shape index (κ2) is 15.2. The van der Waals surface area contributed by atoms with E-state index >= 15 is 0 Å². The van der Waals surface area contributed by atoms with Crippen LogP contribution in [0.2, 0.25) is 0 Å². The van der Waals surface area contributed by atoms with E-state index in [0.29, 0.717) is 6.61 Å². The monoisotopic (exact) mass is 343 g/mol. The molecule has 0 aromatic carbocycles. The molecule has 0 saturated heterocycles. The van der Waals surface area contributed by atoms with Crippen molar-refractivity contribution in [3.05, 3.63) is 0 Å². The van der Waals surface area contributed by atoms with Crippen LogP contribution in [-0.2, 0) is 4.74 Å². The first-order valence-corrected chi connectivity index (χ1v) is 9.38. The van der Waals surface area contributed by atoms with Gasteiger partial charge in [-0.25, -0.2) is 14.9 Å². The number of nitrogens with zero attached hydrogens (tertiary/aromatic N) is 1. The van der Waals surface area contributed by atoms with Crippen LogP contribution in [0.4, 0.5) is 9.59 Å². The molecule has 0 heterocycles. The van der Waals surface area contributed by atoms with E-state index in [9.17, 15) is 9.59 Å². The van der Waals surface area contributed by atoms with E-state index in [4.69, 9.17) is 4.74 Å². The minimum Gasteiger partial charge on any atom is -0.449 e. The van der Waals surface area contributed by atoms with Crippen molar-refractivity contribution in [2.45, 2.75) is 84.2 Å². The molecule has 142 valence electrons. The lowest BCUT2D eigenvalue weighted by Gasteiger charge is -2.20. The smallest absolute Gasteiger partial charge is 0.415 e. The van der Waals surface area contributed by atoms with Gasteiger partial charge in [-0.2, -0.15) is 0 Å². The fourth-order valence-electron chi connectivity index (χ4n) is 2.24. The van der Waals surface area contributed by atoms with E-state index < -0.39 is 12.1 Å². The molecule has 0 radical (unpaired) electrons. The van der Waals surface area contributed by atoms with E-state index in [1.165, 1.54) is 51.4 Å². The number of nitrogens with one attached hydrogen (secondary N) is 2. The molecule has 0 spiro atoms. The highest BCUT2D eigenvalue weighted by molar-refractivity contribution is 5.90. The molecule has 2 N–H and O–H groups in total. The molecule has 0 aliphatic carbocycles. The average Bonchev–Trinajstić information content (AvgIpc) is 2.52. The van der Waals surface area contributed by atoms with Gasteiger partial charge in [-0.05, 0) is 27.4 Å². The zero-order valence-electron chi connectivity index (χ0n) is 16.0. The third-order valence-electron chi connectivity index (χ3n) is 4.06. The van der Waals surface area contributed by atoms with Crippen LogP contribution < -0.4 is 10.6 Å². The van der Waals surface area contributed by atoms with E-state index in [2.05, 4.69) is 17.6 Å². The number of carbonyl (C=O) groups is 2. The third-order valence-corrected chi connectivity index (χ3v) is 4.06. The zero-order chi connectivity index (χ0) is 18.2. The highest BCUT2D eigenvalue weighted by Gasteiger charge is 2.12. The molecule has 3 amide bonds. The number of hydrogen-bond acceptors (Lipinski definition) is 4. The van der Waals surface area contributed by atoms with Crippen LogP contribution in [0.25, 0.3) is 0 Å². The van der Waals surface area contributed by atoms with Gasteiger partial charge in [0, 0.05) is 0 Å². The van der Waals surface area contributed by atoms with Crippen molar-refractivity contribution >= 4 is 12.1 Å². The lowest BCUT2D eigenvalue weighted by atomic mass is 10.1. The number of alkyl carbamates (subject to hydrolysis) is 1. The maximum absolute atomic E-state index is 11.5. The number of carbonyl (C=O) groups excluding carboxylic acids is 2. The Labute approximate surface area is 147 Å². The van der Waals surface area contributed by atoms with Gasteiger partial charge in [-0.15, -0.1) is 0 Å². The van der Waals surface area contributed by atoms with E-state index in [-0.39, 0.29) is 6.17 Å². The van der Waals surface area contributed by atoms with Crippen LogP contribution in [0.15, 0.2) is 0 Å². The first-order chi connectivity index (χ1) is 11.5. The Hall–Kier alpha value is -1.30. The van der Waals surface area contributed by atoms with Gasteiger partial charge < -0.3 is 10.1 Å². The van der Waals surface area contributed by atoms with Gasteiger partial charge in [0.2, 0.25) is 0 Å². The van der Waals surface area contributed by atoms with Crippen molar-refractivity contribution in [3.8, 4) is 0 Å². The SMILES string of the molecule is CCCCCCCCCCCCOC(=O)NC(=O)NC(C)N(C)C. The second-order valence-electron chi connectivity index (χ2n) is 6.56. The molecule has 0 bridgehead atoms. The van der Waals surface area contributed by atoms with Crippen LogP contribution in [0.1, 0.15) is 78.1 Å². The number of hydrogen-bond donors (Lipinski definition) is 2. The summed E-state index contributed by atoms with van der Waals surface area (Å²) >= 11 is 0. The maximum Gasteiger partial charge on any atom is 0.415 e. The zero-order valence-corrected chi connectivity index (χ0v) is 16.0. The highest BCUT2D eigenvalue weighted by Crippen LogP contribution is 2.10. The van der Waals surface area contributed by atoms with Crippen LogP contribution in [0.5, 0.6) is 0 Å². The molecule has 0 saturated carbocycles. The number of unbranched alkanes of at least 4 members (excludes halogenated alkanes) is 9. The van der Waals surface area contributed by atoms with Gasteiger partial charge in [0.1, 0.15) is 0 Å². The Morgan fingerprint density at radius 1 is 0.917 bits per heavy atom. The van der Waals surface area contributed by atoms with Crippen LogP contribution in [0.3, 0.4) is 0 Å². The Bertz CT molecular complexity index is 335. The molecule has 0 aromatic heterocycles. The van der Waals surface area contributed by atoms with Crippen molar-refractivity contribution in [1.29, 1.82) is 0 Å². The topological polar surface area (TPSA) is 70.7 Å². The summed E-state index contributed by atoms with van der Waals surface area (Å²) in [4.78, 5) is 24.8. The van der Waals surface area contributed by atoms with E-state index in [0.717, 1.165) is 12.8 Å². The number of urea groups is 1. The fourth-order valence-corrected chi connectivity index (χ4v) is 2.24. The predicted molar refractivity (Wildman–Crippen MR) is 98.0 cm³/mol. The molecule has 0 aromatic rings. The molecule has 6 nitrogen and oxygen atoms in total. The highest BCUT2D eigenvalue weighted by atomic mass is 16.5. The van der Waals surface area contributed by atoms with Crippen LogP contribution in [0, 0.1) is 0 Å². The van der Waals surface area contributed by atoms with Crippen molar-refractivity contribution in [2.24, 2.45) is 0 Å². The quantitative estimate of drug-likeness (QED) is 0.387. The lowest BCUT2D eigenvalue weighted by molar-refractivity contribution is 0.143. The van der Waals surface area contributed by atoms with Gasteiger partial charge in [0.25, 0.3) is 0 Å². The molecule has 0 rings (SSSR count). The predicted octanol–water partition coefficient (Wildman–Crippen LogP) is 4.25. The first kappa shape index (κ1) is 22.7. The minimum absolute atomic E-state index is 0.153. The van der Waals surface area contributed by atoms with Gasteiger partial charge in [-0.3, -0.25) is 4.90 Å². The van der Waals surface area contributed by atoms with Crippen molar-refractivity contribution in [1.82, 2.24) is 15.5 Å². The first-order valence-electron chi connectivity index (χ1n) is 9.38. The summed E-state index contributed by atoms with van der Waals surface area (Å²) in [6.07, 6.45) is 11.5. The number of amides is 3. The minimum atomic E-state index is -0.686. The molecule has 24 heavy (non-hydrogen) atoms. The molecule has 6 heteroatoms. The molecular weight excluding hydrogens is 306 g/mol. The van der Waals surface area contributed by atoms with Crippen molar-refractivity contribution in [3.63, 3.8) is 0 Å². The number of ether oxygens (including phenoxy) is 1. The van der Waals surface area contributed by atoms with Crippen molar-refractivity contribution in [2.75, 3.05) is 20.7 Å². The molecular formula is C18H37N3O3. The van der Waals surface area contributed by atoms with E-state index in [1.54, 1.807) is 0 Å². The molecule has 0 aliphatic heterocycles. The summed E-state index contributed by atoms with van der Waals surface area (Å²) in [5.41, 5.74) is 0. The Morgan fingerprint density at radius 3 is 1.92 bits per heavy atom. The Balaban J connectivity index is 3.41. The van der Waals surface area contributed by atoms with Gasteiger partial charge in [0.15, 0.2) is 0 Å². The third kappa shape index (κ3) is 14.3.